The SMILES string of the molecule is CCCCCNC(=NC)NCCCNS(C)(=O)=O.I. The Morgan fingerprint density at radius 2 is 1.63 bits per heavy atom. The Kier molecular flexibility index (Phi) is 14.4. The van der Waals surface area contributed by atoms with Crippen LogP contribution in [0, 0.1) is 0 Å². The summed E-state index contributed by atoms with van der Waals surface area (Å²) >= 11 is 0. The number of halogens is 1. The largest absolute Gasteiger partial charge is 0.356 e. The summed E-state index contributed by atoms with van der Waals surface area (Å²) in [5, 5.41) is 6.35. The Bertz CT molecular complexity index is 334. The Morgan fingerprint density at radius 3 is 2.11 bits per heavy atom. The minimum atomic E-state index is -3.07. The second-order valence-electron chi connectivity index (χ2n) is 4.15. The fourth-order valence-electron chi connectivity index (χ4n) is 1.36. The van der Waals surface area contributed by atoms with Crippen LogP contribution in [0.5, 0.6) is 0 Å². The van der Waals surface area contributed by atoms with Crippen molar-refractivity contribution in [3.8, 4) is 0 Å². The molecule has 3 N–H and O–H groups in total. The lowest BCUT2D eigenvalue weighted by atomic mass is 10.2. The highest BCUT2D eigenvalue weighted by Gasteiger charge is 1.99. The van der Waals surface area contributed by atoms with Crippen LogP contribution in [-0.4, -0.2) is 47.3 Å². The molecule has 0 bridgehead atoms. The number of aliphatic imine (C=N–C) groups is 1. The van der Waals surface area contributed by atoms with Gasteiger partial charge in [-0.2, -0.15) is 0 Å². The van der Waals surface area contributed by atoms with Crippen molar-refractivity contribution in [1.82, 2.24) is 15.4 Å². The molecule has 8 heteroatoms. The van der Waals surface area contributed by atoms with E-state index in [0.717, 1.165) is 31.6 Å². The number of nitrogens with one attached hydrogen (secondary N) is 3. The first kappa shape index (κ1) is 21.2. The normalized spacial score (nSPS) is 11.8. The topological polar surface area (TPSA) is 82.6 Å². The number of nitrogens with zero attached hydrogens (tertiary/aromatic N) is 1. The van der Waals surface area contributed by atoms with Crippen molar-refractivity contribution in [3.63, 3.8) is 0 Å². The average molecular weight is 406 g/mol. The van der Waals surface area contributed by atoms with Gasteiger partial charge in [-0.05, 0) is 12.8 Å². The van der Waals surface area contributed by atoms with Gasteiger partial charge in [-0.15, -0.1) is 24.0 Å². The molecule has 0 aliphatic carbocycles. The van der Waals surface area contributed by atoms with Gasteiger partial charge in [0.2, 0.25) is 10.0 Å². The first-order valence-electron chi connectivity index (χ1n) is 6.38. The van der Waals surface area contributed by atoms with Crippen molar-refractivity contribution in [2.45, 2.75) is 32.6 Å². The zero-order valence-electron chi connectivity index (χ0n) is 12.0. The van der Waals surface area contributed by atoms with Gasteiger partial charge in [0.05, 0.1) is 6.26 Å². The minimum absolute atomic E-state index is 0. The van der Waals surface area contributed by atoms with Crippen LogP contribution in [0.2, 0.25) is 0 Å². The molecule has 0 atom stereocenters. The maximum absolute atomic E-state index is 10.8. The second kappa shape index (κ2) is 12.9. The van der Waals surface area contributed by atoms with Gasteiger partial charge >= 0.3 is 0 Å². The van der Waals surface area contributed by atoms with Crippen LogP contribution in [-0.2, 0) is 10.0 Å². The third kappa shape index (κ3) is 15.9. The summed E-state index contributed by atoms with van der Waals surface area (Å²) < 4.78 is 24.1. The fourth-order valence-corrected chi connectivity index (χ4v) is 1.87. The minimum Gasteiger partial charge on any atom is -0.356 e. The van der Waals surface area contributed by atoms with Crippen LogP contribution < -0.4 is 15.4 Å². The molecule has 0 aromatic rings. The van der Waals surface area contributed by atoms with Gasteiger partial charge in [-0.1, -0.05) is 19.8 Å². The molecule has 6 nitrogen and oxygen atoms in total. The Balaban J connectivity index is 0. The Labute approximate surface area is 134 Å². The van der Waals surface area contributed by atoms with E-state index in [4.69, 9.17) is 0 Å². The van der Waals surface area contributed by atoms with E-state index in [1.807, 2.05) is 0 Å². The van der Waals surface area contributed by atoms with E-state index in [1.54, 1.807) is 7.05 Å². The summed E-state index contributed by atoms with van der Waals surface area (Å²) in [5.74, 6) is 0.769. The molecule has 0 saturated carbocycles. The predicted molar refractivity (Wildman–Crippen MR) is 91.8 cm³/mol. The molecular weight excluding hydrogens is 379 g/mol. The number of sulfonamides is 1. The van der Waals surface area contributed by atoms with Crippen molar-refractivity contribution in [1.29, 1.82) is 0 Å². The van der Waals surface area contributed by atoms with E-state index in [-0.39, 0.29) is 24.0 Å². The molecule has 0 aromatic carbocycles. The molecule has 0 spiro atoms. The molecular formula is C11H27IN4O2S. The van der Waals surface area contributed by atoms with Gasteiger partial charge in [0.1, 0.15) is 0 Å². The molecule has 0 aromatic heterocycles. The van der Waals surface area contributed by atoms with Crippen molar-refractivity contribution in [2.24, 2.45) is 4.99 Å². The standard InChI is InChI=1S/C11H26N4O2S.HI/c1-4-5-6-8-13-11(12-2)14-9-7-10-15-18(3,16)17;/h15H,4-10H2,1-3H3,(H2,12,13,14);1H. The number of guanidine groups is 1. The van der Waals surface area contributed by atoms with E-state index < -0.39 is 10.0 Å². The van der Waals surface area contributed by atoms with E-state index in [1.165, 1.54) is 12.8 Å². The van der Waals surface area contributed by atoms with Gasteiger partial charge in [-0.25, -0.2) is 13.1 Å². The molecule has 0 aliphatic rings. The first-order valence-corrected chi connectivity index (χ1v) is 8.28. The molecule has 0 heterocycles. The van der Waals surface area contributed by atoms with E-state index in [9.17, 15) is 8.42 Å². The molecule has 0 unspecified atom stereocenters. The Hall–Kier alpha value is -0.0900. The average Bonchev–Trinajstić information content (AvgIpc) is 2.30. The van der Waals surface area contributed by atoms with Gasteiger partial charge < -0.3 is 10.6 Å². The molecule has 19 heavy (non-hydrogen) atoms. The number of rotatable bonds is 9. The summed E-state index contributed by atoms with van der Waals surface area (Å²) in [6.45, 7) is 4.21. The lowest BCUT2D eigenvalue weighted by Gasteiger charge is -2.11. The van der Waals surface area contributed by atoms with Gasteiger partial charge in [0, 0.05) is 26.7 Å². The van der Waals surface area contributed by atoms with Crippen LogP contribution in [0.25, 0.3) is 0 Å². The first-order chi connectivity index (χ1) is 8.49. The Morgan fingerprint density at radius 1 is 1.05 bits per heavy atom. The second-order valence-corrected chi connectivity index (χ2v) is 5.99. The lowest BCUT2D eigenvalue weighted by Crippen LogP contribution is -2.39. The van der Waals surface area contributed by atoms with Crippen molar-refractivity contribution in [2.75, 3.05) is 32.9 Å². The van der Waals surface area contributed by atoms with Gasteiger partial charge in [0.25, 0.3) is 0 Å². The van der Waals surface area contributed by atoms with Crippen molar-refractivity contribution in [3.05, 3.63) is 0 Å². The molecule has 116 valence electrons. The van der Waals surface area contributed by atoms with Crippen LogP contribution in [0.1, 0.15) is 32.6 Å². The molecule has 0 amide bonds. The smallest absolute Gasteiger partial charge is 0.208 e. The third-order valence-corrected chi connectivity index (χ3v) is 3.04. The molecule has 0 radical (unpaired) electrons. The van der Waals surface area contributed by atoms with Crippen molar-refractivity contribution < 1.29 is 8.42 Å². The summed E-state index contributed by atoms with van der Waals surface area (Å²) in [6, 6.07) is 0. The zero-order valence-corrected chi connectivity index (χ0v) is 15.2. The quantitative estimate of drug-likeness (QED) is 0.230. The maximum Gasteiger partial charge on any atom is 0.208 e. The summed E-state index contributed by atoms with van der Waals surface area (Å²) in [5.41, 5.74) is 0. The van der Waals surface area contributed by atoms with Crippen LogP contribution >= 0.6 is 24.0 Å². The van der Waals surface area contributed by atoms with Crippen LogP contribution in [0.4, 0.5) is 0 Å². The van der Waals surface area contributed by atoms with Gasteiger partial charge in [-0.3, -0.25) is 4.99 Å². The summed E-state index contributed by atoms with van der Waals surface area (Å²) in [7, 11) is -1.35. The highest BCUT2D eigenvalue weighted by molar-refractivity contribution is 14.0. The molecule has 0 fully saturated rings. The monoisotopic (exact) mass is 406 g/mol. The van der Waals surface area contributed by atoms with Crippen LogP contribution in [0.3, 0.4) is 0 Å². The molecule has 0 aliphatic heterocycles. The van der Waals surface area contributed by atoms with Gasteiger partial charge in [0.15, 0.2) is 5.96 Å². The zero-order chi connectivity index (χ0) is 13.9. The van der Waals surface area contributed by atoms with Crippen LogP contribution in [0.15, 0.2) is 4.99 Å². The fraction of sp³-hybridized carbons (Fsp3) is 0.909. The molecule has 0 saturated heterocycles. The van der Waals surface area contributed by atoms with E-state index in [0.29, 0.717) is 13.1 Å². The van der Waals surface area contributed by atoms with Crippen molar-refractivity contribution >= 4 is 40.0 Å². The number of hydrogen-bond donors (Lipinski definition) is 3. The maximum atomic E-state index is 10.8. The number of unbranched alkanes of at least 4 members (excludes halogenated alkanes) is 2. The summed E-state index contributed by atoms with van der Waals surface area (Å²) in [6.07, 6.45) is 5.43. The highest BCUT2D eigenvalue weighted by atomic mass is 127. The summed E-state index contributed by atoms with van der Waals surface area (Å²) in [4.78, 5) is 4.09. The number of hydrogen-bond acceptors (Lipinski definition) is 3. The van der Waals surface area contributed by atoms with E-state index in [2.05, 4.69) is 27.3 Å². The van der Waals surface area contributed by atoms with E-state index >= 15 is 0 Å². The predicted octanol–water partition coefficient (Wildman–Crippen LogP) is 0.899. The third-order valence-electron chi connectivity index (χ3n) is 2.31. The highest BCUT2D eigenvalue weighted by Crippen LogP contribution is 1.90. The lowest BCUT2D eigenvalue weighted by molar-refractivity contribution is 0.584. The molecule has 0 rings (SSSR count).